The molecule has 1 amide bonds. The lowest BCUT2D eigenvalue weighted by atomic mass is 10.3. The number of hydrogen-bond donors (Lipinski definition) is 2. The van der Waals surface area contributed by atoms with Crippen molar-refractivity contribution in [2.75, 3.05) is 18.5 Å². The Labute approximate surface area is 88.1 Å². The largest absolute Gasteiger partial charge is 0.398 e. The van der Waals surface area contributed by atoms with Crippen molar-refractivity contribution < 1.29 is 4.79 Å². The summed E-state index contributed by atoms with van der Waals surface area (Å²) in [5.41, 5.74) is 6.52. The topological polar surface area (TPSA) is 55.1 Å². The summed E-state index contributed by atoms with van der Waals surface area (Å²) >= 11 is 1.60. The predicted molar refractivity (Wildman–Crippen MR) is 60.3 cm³/mol. The van der Waals surface area contributed by atoms with E-state index in [0.717, 1.165) is 16.3 Å². The third kappa shape index (κ3) is 3.30. The van der Waals surface area contributed by atoms with Crippen molar-refractivity contribution in [1.29, 1.82) is 0 Å². The lowest BCUT2D eigenvalue weighted by Crippen LogP contribution is -2.17. The van der Waals surface area contributed by atoms with Gasteiger partial charge in [0.15, 0.2) is 0 Å². The summed E-state index contributed by atoms with van der Waals surface area (Å²) in [4.78, 5) is 12.0. The standard InChI is InChI=1S/C10H14N2OS/c1-12-10(13)6-7-14-9-5-3-2-4-8(9)11/h2-5H,6-7,11H2,1H3,(H,12,13). The summed E-state index contributed by atoms with van der Waals surface area (Å²) in [5.74, 6) is 0.820. The van der Waals surface area contributed by atoms with Crippen LogP contribution in [0.25, 0.3) is 0 Å². The zero-order chi connectivity index (χ0) is 10.4. The second-order valence-electron chi connectivity index (χ2n) is 2.81. The molecule has 4 heteroatoms. The van der Waals surface area contributed by atoms with E-state index in [1.807, 2.05) is 24.3 Å². The lowest BCUT2D eigenvalue weighted by molar-refractivity contribution is -0.120. The number of nitrogens with one attached hydrogen (secondary N) is 1. The van der Waals surface area contributed by atoms with Gasteiger partial charge in [-0.05, 0) is 12.1 Å². The van der Waals surface area contributed by atoms with Crippen LogP contribution in [0.2, 0.25) is 0 Å². The fourth-order valence-electron chi connectivity index (χ4n) is 0.991. The molecule has 0 aliphatic carbocycles. The van der Waals surface area contributed by atoms with Crippen LogP contribution in [0.4, 0.5) is 5.69 Å². The van der Waals surface area contributed by atoms with E-state index in [4.69, 9.17) is 5.73 Å². The van der Waals surface area contributed by atoms with E-state index >= 15 is 0 Å². The molecule has 0 radical (unpaired) electrons. The van der Waals surface area contributed by atoms with Gasteiger partial charge in [0, 0.05) is 29.8 Å². The molecule has 0 aliphatic rings. The molecule has 0 aliphatic heterocycles. The molecule has 0 bridgehead atoms. The molecule has 0 atom stereocenters. The first-order valence-electron chi connectivity index (χ1n) is 4.42. The molecule has 0 fully saturated rings. The molecular formula is C10H14N2OS. The number of para-hydroxylation sites is 1. The molecular weight excluding hydrogens is 196 g/mol. The number of nitrogen functional groups attached to an aromatic ring is 1. The molecule has 76 valence electrons. The Morgan fingerprint density at radius 2 is 2.21 bits per heavy atom. The molecule has 1 aromatic carbocycles. The van der Waals surface area contributed by atoms with E-state index in [1.165, 1.54) is 0 Å². The maximum atomic E-state index is 10.9. The third-order valence-corrected chi connectivity index (χ3v) is 2.88. The fourth-order valence-corrected chi connectivity index (χ4v) is 1.91. The van der Waals surface area contributed by atoms with Gasteiger partial charge in [0.05, 0.1) is 0 Å². The minimum Gasteiger partial charge on any atom is -0.398 e. The van der Waals surface area contributed by atoms with Crippen molar-refractivity contribution in [2.24, 2.45) is 0 Å². The normalized spacial score (nSPS) is 9.79. The zero-order valence-electron chi connectivity index (χ0n) is 8.12. The Morgan fingerprint density at radius 1 is 1.50 bits per heavy atom. The second-order valence-corrected chi connectivity index (χ2v) is 3.95. The molecule has 3 nitrogen and oxygen atoms in total. The molecule has 1 rings (SSSR count). The monoisotopic (exact) mass is 210 g/mol. The number of nitrogens with two attached hydrogens (primary N) is 1. The van der Waals surface area contributed by atoms with Gasteiger partial charge in [-0.1, -0.05) is 12.1 Å². The Balaban J connectivity index is 2.39. The van der Waals surface area contributed by atoms with Crippen molar-refractivity contribution in [3.8, 4) is 0 Å². The van der Waals surface area contributed by atoms with E-state index in [-0.39, 0.29) is 5.91 Å². The summed E-state index contributed by atoms with van der Waals surface area (Å²) in [7, 11) is 1.64. The summed E-state index contributed by atoms with van der Waals surface area (Å²) in [6.45, 7) is 0. The molecule has 0 saturated heterocycles. The van der Waals surface area contributed by atoms with Crippen molar-refractivity contribution in [2.45, 2.75) is 11.3 Å². The van der Waals surface area contributed by atoms with Crippen LogP contribution in [0.15, 0.2) is 29.2 Å². The minimum atomic E-state index is 0.0620. The number of hydrogen-bond acceptors (Lipinski definition) is 3. The summed E-state index contributed by atoms with van der Waals surface area (Å²) in [6, 6.07) is 7.67. The van der Waals surface area contributed by atoms with Crippen LogP contribution < -0.4 is 11.1 Å². The highest BCUT2D eigenvalue weighted by Crippen LogP contribution is 2.24. The first-order valence-corrected chi connectivity index (χ1v) is 5.40. The third-order valence-electron chi connectivity index (χ3n) is 1.78. The fraction of sp³-hybridized carbons (Fsp3) is 0.300. The smallest absolute Gasteiger partial charge is 0.220 e. The Kier molecular flexibility index (Phi) is 4.32. The van der Waals surface area contributed by atoms with Gasteiger partial charge in [-0.2, -0.15) is 0 Å². The molecule has 0 heterocycles. The van der Waals surface area contributed by atoms with Crippen LogP contribution >= 0.6 is 11.8 Å². The number of benzene rings is 1. The van der Waals surface area contributed by atoms with Gasteiger partial charge in [0.2, 0.25) is 5.91 Å². The molecule has 1 aromatic rings. The Bertz CT molecular complexity index is 315. The number of carbonyl (C=O) groups is 1. The number of carbonyl (C=O) groups excluding carboxylic acids is 1. The molecule has 14 heavy (non-hydrogen) atoms. The highest BCUT2D eigenvalue weighted by atomic mass is 32.2. The summed E-state index contributed by atoms with van der Waals surface area (Å²) < 4.78 is 0. The number of rotatable bonds is 4. The van der Waals surface area contributed by atoms with Crippen LogP contribution in [-0.4, -0.2) is 18.7 Å². The highest BCUT2D eigenvalue weighted by molar-refractivity contribution is 7.99. The van der Waals surface area contributed by atoms with Crippen LogP contribution in [-0.2, 0) is 4.79 Å². The van der Waals surface area contributed by atoms with Crippen LogP contribution in [0.3, 0.4) is 0 Å². The van der Waals surface area contributed by atoms with E-state index in [0.29, 0.717) is 6.42 Å². The number of thioether (sulfide) groups is 1. The average Bonchev–Trinajstić information content (AvgIpc) is 2.20. The minimum absolute atomic E-state index is 0.0620. The van der Waals surface area contributed by atoms with Gasteiger partial charge in [-0.25, -0.2) is 0 Å². The zero-order valence-corrected chi connectivity index (χ0v) is 8.93. The summed E-state index contributed by atoms with van der Waals surface area (Å²) in [6.07, 6.45) is 0.523. The van der Waals surface area contributed by atoms with Gasteiger partial charge < -0.3 is 11.1 Å². The van der Waals surface area contributed by atoms with Crippen LogP contribution in [0, 0.1) is 0 Å². The van der Waals surface area contributed by atoms with Crippen molar-refractivity contribution in [1.82, 2.24) is 5.32 Å². The molecule has 0 unspecified atom stereocenters. The van der Waals surface area contributed by atoms with E-state index in [1.54, 1.807) is 18.8 Å². The van der Waals surface area contributed by atoms with E-state index in [2.05, 4.69) is 5.32 Å². The average molecular weight is 210 g/mol. The Hall–Kier alpha value is -1.16. The Morgan fingerprint density at radius 3 is 2.86 bits per heavy atom. The molecule has 3 N–H and O–H groups in total. The highest BCUT2D eigenvalue weighted by Gasteiger charge is 2.01. The SMILES string of the molecule is CNC(=O)CCSc1ccccc1N. The quantitative estimate of drug-likeness (QED) is 0.585. The van der Waals surface area contributed by atoms with Gasteiger partial charge in [0.25, 0.3) is 0 Å². The second kappa shape index (κ2) is 5.54. The van der Waals surface area contributed by atoms with Gasteiger partial charge >= 0.3 is 0 Å². The molecule has 0 spiro atoms. The maximum Gasteiger partial charge on any atom is 0.220 e. The van der Waals surface area contributed by atoms with E-state index in [9.17, 15) is 4.79 Å². The van der Waals surface area contributed by atoms with Gasteiger partial charge in [0.1, 0.15) is 0 Å². The molecule has 0 saturated carbocycles. The van der Waals surface area contributed by atoms with Gasteiger partial charge in [-0.15, -0.1) is 11.8 Å². The van der Waals surface area contributed by atoms with Crippen molar-refractivity contribution in [3.63, 3.8) is 0 Å². The van der Waals surface area contributed by atoms with Gasteiger partial charge in [-0.3, -0.25) is 4.79 Å². The maximum absolute atomic E-state index is 10.9. The molecule has 0 aromatic heterocycles. The lowest BCUT2D eigenvalue weighted by Gasteiger charge is -2.03. The number of anilines is 1. The summed E-state index contributed by atoms with van der Waals surface area (Å²) in [5, 5.41) is 2.58. The van der Waals surface area contributed by atoms with E-state index < -0.39 is 0 Å². The number of amides is 1. The first-order chi connectivity index (χ1) is 6.74. The van der Waals surface area contributed by atoms with Crippen molar-refractivity contribution in [3.05, 3.63) is 24.3 Å². The predicted octanol–water partition coefficient (Wildman–Crippen LogP) is 1.50. The van der Waals surface area contributed by atoms with Crippen LogP contribution in [0.1, 0.15) is 6.42 Å². The first kappa shape index (κ1) is 10.9. The van der Waals surface area contributed by atoms with Crippen molar-refractivity contribution >= 4 is 23.4 Å². The van der Waals surface area contributed by atoms with Crippen LogP contribution in [0.5, 0.6) is 0 Å².